The van der Waals surface area contributed by atoms with Crippen LogP contribution in [-0.2, 0) is 0 Å². The summed E-state index contributed by atoms with van der Waals surface area (Å²) in [6.07, 6.45) is 5.12. The van der Waals surface area contributed by atoms with E-state index in [1.807, 2.05) is 0 Å². The van der Waals surface area contributed by atoms with Crippen molar-refractivity contribution in [3.05, 3.63) is 12.2 Å². The maximum absolute atomic E-state index is 5.71. The summed E-state index contributed by atoms with van der Waals surface area (Å²) in [7, 11) is 0. The predicted molar refractivity (Wildman–Crippen MR) is 55.5 cm³/mol. The summed E-state index contributed by atoms with van der Waals surface area (Å²) in [5.41, 5.74) is 7.14. The quantitative estimate of drug-likeness (QED) is 0.650. The molecule has 0 aromatic heterocycles. The van der Waals surface area contributed by atoms with Crippen molar-refractivity contribution >= 4 is 0 Å². The van der Waals surface area contributed by atoms with Crippen LogP contribution in [0.4, 0.5) is 0 Å². The molecule has 2 aliphatic rings. The molecule has 1 aliphatic heterocycles. The van der Waals surface area contributed by atoms with Gasteiger partial charge >= 0.3 is 0 Å². The normalized spacial score (nSPS) is 35.9. The van der Waals surface area contributed by atoms with Crippen molar-refractivity contribution in [2.45, 2.75) is 31.7 Å². The molecule has 2 N–H and O–H groups in total. The number of hydrogen-bond acceptors (Lipinski definition) is 2. The fraction of sp³-hybridized carbons (Fsp3) is 0.818. The Balaban J connectivity index is 1.84. The van der Waals surface area contributed by atoms with Crippen LogP contribution in [0.5, 0.6) is 0 Å². The van der Waals surface area contributed by atoms with Crippen molar-refractivity contribution in [3.8, 4) is 0 Å². The van der Waals surface area contributed by atoms with E-state index in [9.17, 15) is 0 Å². The van der Waals surface area contributed by atoms with Crippen molar-refractivity contribution in [1.82, 2.24) is 4.90 Å². The molecule has 1 saturated carbocycles. The number of likely N-dealkylation sites (tertiary alicyclic amines) is 1. The van der Waals surface area contributed by atoms with E-state index in [1.165, 1.54) is 44.3 Å². The van der Waals surface area contributed by atoms with E-state index in [0.717, 1.165) is 18.5 Å². The molecule has 1 aliphatic carbocycles. The zero-order chi connectivity index (χ0) is 9.26. The monoisotopic (exact) mass is 180 g/mol. The summed E-state index contributed by atoms with van der Waals surface area (Å²) in [5, 5.41) is 0. The Kier molecular flexibility index (Phi) is 2.70. The van der Waals surface area contributed by atoms with Gasteiger partial charge in [0, 0.05) is 19.1 Å². The minimum atomic E-state index is 0.784. The molecule has 2 unspecified atom stereocenters. The van der Waals surface area contributed by atoms with Gasteiger partial charge in [-0.05, 0) is 38.1 Å². The molecule has 0 aromatic rings. The molecule has 2 nitrogen and oxygen atoms in total. The average Bonchev–Trinajstić information content (AvgIpc) is 2.08. The Hall–Kier alpha value is -0.340. The lowest BCUT2D eigenvalue weighted by molar-refractivity contribution is 0.0602. The summed E-state index contributed by atoms with van der Waals surface area (Å²) in [4.78, 5) is 2.62. The fourth-order valence-corrected chi connectivity index (χ4v) is 2.48. The van der Waals surface area contributed by atoms with E-state index >= 15 is 0 Å². The molecule has 0 radical (unpaired) electrons. The topological polar surface area (TPSA) is 29.3 Å². The maximum Gasteiger partial charge on any atom is 0.0136 e. The third kappa shape index (κ3) is 1.79. The van der Waals surface area contributed by atoms with Gasteiger partial charge in [0.2, 0.25) is 0 Å². The Morgan fingerprint density at radius 3 is 2.46 bits per heavy atom. The number of piperidine rings is 1. The van der Waals surface area contributed by atoms with E-state index in [1.54, 1.807) is 0 Å². The molecule has 74 valence electrons. The van der Waals surface area contributed by atoms with Crippen LogP contribution in [-0.4, -0.2) is 30.6 Å². The lowest BCUT2D eigenvalue weighted by Crippen LogP contribution is -2.51. The van der Waals surface area contributed by atoms with Crippen molar-refractivity contribution in [1.29, 1.82) is 0 Å². The van der Waals surface area contributed by atoms with Gasteiger partial charge in [0.1, 0.15) is 0 Å². The van der Waals surface area contributed by atoms with Crippen LogP contribution in [0.1, 0.15) is 25.7 Å². The van der Waals surface area contributed by atoms with Crippen molar-refractivity contribution in [2.24, 2.45) is 11.7 Å². The number of hydrogen-bond donors (Lipinski definition) is 1. The summed E-state index contributed by atoms with van der Waals surface area (Å²) in [6, 6.07) is 0.804. The second-order valence-electron chi connectivity index (χ2n) is 4.43. The van der Waals surface area contributed by atoms with E-state index in [-0.39, 0.29) is 0 Å². The van der Waals surface area contributed by atoms with Gasteiger partial charge < -0.3 is 5.73 Å². The molecule has 2 fully saturated rings. The van der Waals surface area contributed by atoms with Gasteiger partial charge in [0.05, 0.1) is 0 Å². The highest BCUT2D eigenvalue weighted by Crippen LogP contribution is 2.33. The highest BCUT2D eigenvalue weighted by atomic mass is 15.2. The van der Waals surface area contributed by atoms with Crippen molar-refractivity contribution in [2.75, 3.05) is 19.6 Å². The molecule has 2 atom stereocenters. The second-order valence-corrected chi connectivity index (χ2v) is 4.43. The van der Waals surface area contributed by atoms with Gasteiger partial charge in [-0.2, -0.15) is 0 Å². The number of nitrogens with two attached hydrogens (primary N) is 1. The van der Waals surface area contributed by atoms with E-state index in [0.29, 0.717) is 0 Å². The fourth-order valence-electron chi connectivity index (χ4n) is 2.48. The first-order valence-electron chi connectivity index (χ1n) is 5.42. The average molecular weight is 180 g/mol. The molecule has 1 heterocycles. The van der Waals surface area contributed by atoms with Crippen LogP contribution in [0.25, 0.3) is 0 Å². The number of rotatable bonds is 2. The highest BCUT2D eigenvalue weighted by molar-refractivity contribution is 5.01. The van der Waals surface area contributed by atoms with Crippen LogP contribution in [0.2, 0.25) is 0 Å². The van der Waals surface area contributed by atoms with Gasteiger partial charge in [0.15, 0.2) is 0 Å². The summed E-state index contributed by atoms with van der Waals surface area (Å²) in [6.45, 7) is 7.36. The molecule has 2 heteroatoms. The van der Waals surface area contributed by atoms with Gasteiger partial charge in [-0.1, -0.05) is 12.2 Å². The third-order valence-corrected chi connectivity index (χ3v) is 3.65. The minimum Gasteiger partial charge on any atom is -0.330 e. The zero-order valence-electron chi connectivity index (χ0n) is 8.34. The summed E-state index contributed by atoms with van der Waals surface area (Å²) in [5.74, 6) is 0.784. The van der Waals surface area contributed by atoms with Crippen LogP contribution >= 0.6 is 0 Å². The smallest absolute Gasteiger partial charge is 0.0136 e. The molecule has 13 heavy (non-hydrogen) atoms. The van der Waals surface area contributed by atoms with Crippen LogP contribution in [0.3, 0.4) is 0 Å². The van der Waals surface area contributed by atoms with Crippen LogP contribution < -0.4 is 5.73 Å². The first-order chi connectivity index (χ1) is 6.31. The predicted octanol–water partition coefficient (Wildman–Crippen LogP) is 1.38. The molecule has 0 aromatic carbocycles. The van der Waals surface area contributed by atoms with E-state index in [2.05, 4.69) is 11.5 Å². The van der Waals surface area contributed by atoms with E-state index < -0.39 is 0 Å². The van der Waals surface area contributed by atoms with Gasteiger partial charge in [-0.25, -0.2) is 0 Å². The first kappa shape index (κ1) is 9.22. The molecule has 2 rings (SSSR count). The van der Waals surface area contributed by atoms with Crippen molar-refractivity contribution < 1.29 is 0 Å². The van der Waals surface area contributed by atoms with Crippen molar-refractivity contribution in [3.63, 3.8) is 0 Å². The van der Waals surface area contributed by atoms with Crippen LogP contribution in [0.15, 0.2) is 12.2 Å². The van der Waals surface area contributed by atoms with Gasteiger partial charge in [-0.15, -0.1) is 0 Å². The number of nitrogens with zero attached hydrogens (tertiary/aromatic N) is 1. The maximum atomic E-state index is 5.71. The standard InChI is InChI=1S/C11H20N2/c1-9-4-6-13(7-5-9)11-3-2-10(11)8-12/h10-11H,1-8,12H2. The lowest BCUT2D eigenvalue weighted by atomic mass is 9.78. The molecule has 0 bridgehead atoms. The van der Waals surface area contributed by atoms with E-state index in [4.69, 9.17) is 5.73 Å². The third-order valence-electron chi connectivity index (χ3n) is 3.65. The molecular formula is C11H20N2. The Morgan fingerprint density at radius 1 is 1.31 bits per heavy atom. The summed E-state index contributed by atoms with van der Waals surface area (Å²) >= 11 is 0. The molecule has 0 spiro atoms. The lowest BCUT2D eigenvalue weighted by Gasteiger charge is -2.45. The van der Waals surface area contributed by atoms with Gasteiger partial charge in [0.25, 0.3) is 0 Å². The van der Waals surface area contributed by atoms with Gasteiger partial charge in [-0.3, -0.25) is 4.90 Å². The Bertz CT molecular complexity index is 188. The molecule has 1 saturated heterocycles. The van der Waals surface area contributed by atoms with Crippen LogP contribution in [0, 0.1) is 5.92 Å². The zero-order valence-corrected chi connectivity index (χ0v) is 8.34. The largest absolute Gasteiger partial charge is 0.330 e. The minimum absolute atomic E-state index is 0.784. The Morgan fingerprint density at radius 2 is 2.00 bits per heavy atom. The second kappa shape index (κ2) is 3.81. The molecular weight excluding hydrogens is 160 g/mol. The molecule has 0 amide bonds. The Labute approximate surface area is 80.8 Å². The SMILES string of the molecule is C=C1CCN(C2CCC2CN)CC1. The first-order valence-corrected chi connectivity index (χ1v) is 5.42. The summed E-state index contributed by atoms with van der Waals surface area (Å²) < 4.78 is 0. The highest BCUT2D eigenvalue weighted by Gasteiger charge is 2.34.